The Kier molecular flexibility index (Phi) is 2.08. The molecule has 1 spiro atoms. The molecule has 0 atom stereocenters. The van der Waals surface area contributed by atoms with Crippen LogP contribution >= 0.6 is 0 Å². The zero-order chi connectivity index (χ0) is 12.0. The van der Waals surface area contributed by atoms with Gasteiger partial charge in [-0.1, -0.05) is 6.07 Å². The zero-order valence-corrected chi connectivity index (χ0v) is 9.65. The van der Waals surface area contributed by atoms with Gasteiger partial charge >= 0.3 is 6.09 Å². The molecule has 0 radical (unpaired) electrons. The van der Waals surface area contributed by atoms with Crippen molar-refractivity contribution in [3.63, 3.8) is 0 Å². The number of hydrogen-bond donors (Lipinski definition) is 2. The maximum Gasteiger partial charge on any atom is 0.407 e. The molecule has 1 fully saturated rings. The Balaban J connectivity index is 2.01. The molecule has 4 nitrogen and oxygen atoms in total. The minimum Gasteiger partial charge on any atom is -0.465 e. The van der Waals surface area contributed by atoms with Crippen LogP contribution in [0.25, 0.3) is 0 Å². The van der Waals surface area contributed by atoms with E-state index in [0.717, 1.165) is 24.9 Å². The van der Waals surface area contributed by atoms with Gasteiger partial charge in [0.2, 0.25) is 0 Å². The monoisotopic (exact) mass is 232 g/mol. The molecule has 17 heavy (non-hydrogen) atoms. The van der Waals surface area contributed by atoms with Crippen molar-refractivity contribution < 1.29 is 9.90 Å². The molecular weight excluding hydrogens is 216 g/mol. The van der Waals surface area contributed by atoms with Gasteiger partial charge in [0.25, 0.3) is 0 Å². The zero-order valence-electron chi connectivity index (χ0n) is 9.65. The van der Waals surface area contributed by atoms with Gasteiger partial charge in [-0.05, 0) is 42.5 Å². The summed E-state index contributed by atoms with van der Waals surface area (Å²) in [5.74, 6) is 0. The second kappa shape index (κ2) is 3.39. The van der Waals surface area contributed by atoms with Crippen LogP contribution in [0, 0.1) is 0 Å². The van der Waals surface area contributed by atoms with Crippen LogP contribution in [0.3, 0.4) is 0 Å². The lowest BCUT2D eigenvalue weighted by Crippen LogP contribution is -2.35. The molecule has 1 aromatic carbocycles. The van der Waals surface area contributed by atoms with Crippen molar-refractivity contribution in [2.24, 2.45) is 0 Å². The van der Waals surface area contributed by atoms with Gasteiger partial charge in [0.15, 0.2) is 0 Å². The Bertz CT molecular complexity index is 480. The van der Waals surface area contributed by atoms with Gasteiger partial charge in [0, 0.05) is 24.2 Å². The van der Waals surface area contributed by atoms with Crippen LogP contribution in [-0.2, 0) is 11.8 Å². The summed E-state index contributed by atoms with van der Waals surface area (Å²) < 4.78 is 0. The summed E-state index contributed by atoms with van der Waals surface area (Å²) in [4.78, 5) is 12.7. The molecule has 1 aromatic rings. The van der Waals surface area contributed by atoms with Crippen LogP contribution in [-0.4, -0.2) is 29.2 Å². The number of carbonyl (C=O) groups is 1. The van der Waals surface area contributed by atoms with E-state index in [1.165, 1.54) is 11.1 Å². The summed E-state index contributed by atoms with van der Waals surface area (Å²) in [5.41, 5.74) is 9.20. The smallest absolute Gasteiger partial charge is 0.407 e. The van der Waals surface area contributed by atoms with Crippen molar-refractivity contribution >= 4 is 11.8 Å². The fraction of sp³-hybridized carbons (Fsp3) is 0.462. The lowest BCUT2D eigenvalue weighted by atomic mass is 9.91. The SMILES string of the molecule is Nc1ccc2c(c1)CCN(C(=O)O)CC21CC1. The first-order chi connectivity index (χ1) is 8.11. The topological polar surface area (TPSA) is 66.6 Å². The van der Waals surface area contributed by atoms with Crippen LogP contribution in [0.5, 0.6) is 0 Å². The van der Waals surface area contributed by atoms with E-state index in [9.17, 15) is 4.79 Å². The summed E-state index contributed by atoms with van der Waals surface area (Å²) >= 11 is 0. The highest BCUT2D eigenvalue weighted by Gasteiger charge is 2.48. The Hall–Kier alpha value is -1.71. The number of nitrogens with zero attached hydrogens (tertiary/aromatic N) is 1. The summed E-state index contributed by atoms with van der Waals surface area (Å²) in [7, 11) is 0. The van der Waals surface area contributed by atoms with Crippen LogP contribution in [0.2, 0.25) is 0 Å². The Morgan fingerprint density at radius 1 is 1.41 bits per heavy atom. The first kappa shape index (κ1) is 10.4. The predicted octanol–water partition coefficient (Wildman–Crippen LogP) is 1.84. The molecular formula is C13H16N2O2. The number of hydrogen-bond acceptors (Lipinski definition) is 2. The molecule has 4 heteroatoms. The fourth-order valence-electron chi connectivity index (χ4n) is 2.86. The molecule has 0 aromatic heterocycles. The second-order valence-electron chi connectivity index (χ2n) is 5.15. The highest BCUT2D eigenvalue weighted by Crippen LogP contribution is 2.51. The standard InChI is InChI=1S/C13H16N2O2/c14-10-1-2-11-9(7-10)3-6-15(12(16)17)8-13(11)4-5-13/h1-2,7H,3-6,8,14H2,(H,16,17). The third-order valence-electron chi connectivity index (χ3n) is 3.97. The number of nitrogen functional groups attached to an aromatic ring is 1. The number of carboxylic acid groups (broad SMARTS) is 1. The average Bonchev–Trinajstić information content (AvgIpc) is 3.06. The van der Waals surface area contributed by atoms with E-state index in [4.69, 9.17) is 10.8 Å². The molecule has 1 saturated carbocycles. The molecule has 1 heterocycles. The Labute approximate surface area is 100 Å². The number of fused-ring (bicyclic) bond motifs is 2. The minimum absolute atomic E-state index is 0.0813. The Morgan fingerprint density at radius 2 is 2.18 bits per heavy atom. The molecule has 3 rings (SSSR count). The van der Waals surface area contributed by atoms with E-state index < -0.39 is 6.09 Å². The number of anilines is 1. The third kappa shape index (κ3) is 1.64. The molecule has 90 valence electrons. The van der Waals surface area contributed by atoms with Crippen LogP contribution in [0.1, 0.15) is 24.0 Å². The lowest BCUT2D eigenvalue weighted by molar-refractivity contribution is 0.142. The number of benzene rings is 1. The van der Waals surface area contributed by atoms with Gasteiger partial charge in [-0.2, -0.15) is 0 Å². The molecule has 3 N–H and O–H groups in total. The number of amides is 1. The summed E-state index contributed by atoms with van der Waals surface area (Å²) in [6.45, 7) is 1.22. The van der Waals surface area contributed by atoms with Crippen molar-refractivity contribution in [2.75, 3.05) is 18.8 Å². The van der Waals surface area contributed by atoms with Gasteiger partial charge in [0.1, 0.15) is 0 Å². The van der Waals surface area contributed by atoms with Crippen molar-refractivity contribution in [3.05, 3.63) is 29.3 Å². The third-order valence-corrected chi connectivity index (χ3v) is 3.97. The summed E-state index contributed by atoms with van der Waals surface area (Å²) in [5, 5.41) is 9.16. The fourth-order valence-corrected chi connectivity index (χ4v) is 2.86. The first-order valence-corrected chi connectivity index (χ1v) is 5.97. The van der Waals surface area contributed by atoms with E-state index in [-0.39, 0.29) is 5.41 Å². The van der Waals surface area contributed by atoms with E-state index >= 15 is 0 Å². The molecule has 1 aliphatic heterocycles. The van der Waals surface area contributed by atoms with Crippen molar-refractivity contribution in [1.82, 2.24) is 4.90 Å². The van der Waals surface area contributed by atoms with Crippen molar-refractivity contribution in [2.45, 2.75) is 24.7 Å². The summed E-state index contributed by atoms with van der Waals surface area (Å²) in [6, 6.07) is 6.01. The lowest BCUT2D eigenvalue weighted by Gasteiger charge is -2.22. The molecule has 2 aliphatic rings. The number of rotatable bonds is 0. The first-order valence-electron chi connectivity index (χ1n) is 5.97. The van der Waals surface area contributed by atoms with Crippen LogP contribution in [0.15, 0.2) is 18.2 Å². The van der Waals surface area contributed by atoms with E-state index in [1.807, 2.05) is 12.1 Å². The maximum absolute atomic E-state index is 11.1. The highest BCUT2D eigenvalue weighted by atomic mass is 16.4. The minimum atomic E-state index is -0.808. The normalized spacial score (nSPS) is 20.8. The highest BCUT2D eigenvalue weighted by molar-refractivity contribution is 5.66. The van der Waals surface area contributed by atoms with E-state index in [0.29, 0.717) is 13.1 Å². The van der Waals surface area contributed by atoms with Crippen LogP contribution in [0.4, 0.5) is 10.5 Å². The van der Waals surface area contributed by atoms with Gasteiger partial charge in [-0.3, -0.25) is 0 Å². The second-order valence-corrected chi connectivity index (χ2v) is 5.15. The quantitative estimate of drug-likeness (QED) is 0.671. The van der Waals surface area contributed by atoms with E-state index in [2.05, 4.69) is 6.07 Å². The average molecular weight is 232 g/mol. The molecule has 1 amide bonds. The van der Waals surface area contributed by atoms with Crippen molar-refractivity contribution in [3.8, 4) is 0 Å². The van der Waals surface area contributed by atoms with Crippen LogP contribution < -0.4 is 5.73 Å². The van der Waals surface area contributed by atoms with Gasteiger partial charge in [0.05, 0.1) is 0 Å². The van der Waals surface area contributed by atoms with Gasteiger partial charge in [-0.25, -0.2) is 4.79 Å². The summed E-state index contributed by atoms with van der Waals surface area (Å²) in [6.07, 6.45) is 2.15. The molecule has 0 bridgehead atoms. The Morgan fingerprint density at radius 3 is 2.82 bits per heavy atom. The van der Waals surface area contributed by atoms with Gasteiger partial charge in [-0.15, -0.1) is 0 Å². The predicted molar refractivity (Wildman–Crippen MR) is 65.1 cm³/mol. The number of nitrogens with two attached hydrogens (primary N) is 1. The maximum atomic E-state index is 11.1. The largest absolute Gasteiger partial charge is 0.465 e. The van der Waals surface area contributed by atoms with Gasteiger partial charge < -0.3 is 15.7 Å². The van der Waals surface area contributed by atoms with E-state index in [1.54, 1.807) is 4.90 Å². The molecule has 0 saturated heterocycles. The molecule has 0 unspecified atom stereocenters. The van der Waals surface area contributed by atoms with Crippen molar-refractivity contribution in [1.29, 1.82) is 0 Å². The molecule has 1 aliphatic carbocycles.